The molecule has 7 heteroatoms. The van der Waals surface area contributed by atoms with Crippen LogP contribution in [0.2, 0.25) is 0 Å². The minimum absolute atomic E-state index is 0.0198. The SMILES string of the molecule is CC(=O)NCCn1nc([C@H]2CCCN(CC3=CCCOC3)C2)c2cccnc21. The van der Waals surface area contributed by atoms with Crippen LogP contribution in [0.5, 0.6) is 0 Å². The second kappa shape index (κ2) is 8.84. The van der Waals surface area contributed by atoms with Gasteiger partial charge < -0.3 is 10.1 Å². The molecule has 1 fully saturated rings. The van der Waals surface area contributed by atoms with E-state index >= 15 is 0 Å². The van der Waals surface area contributed by atoms with Crippen LogP contribution in [-0.4, -0.2) is 65.0 Å². The van der Waals surface area contributed by atoms with Gasteiger partial charge in [0.1, 0.15) is 0 Å². The van der Waals surface area contributed by atoms with Crippen LogP contribution in [-0.2, 0) is 16.1 Å². The molecule has 0 spiro atoms. The molecule has 4 rings (SSSR count). The molecule has 0 bridgehead atoms. The topological polar surface area (TPSA) is 72.3 Å². The molecule has 0 radical (unpaired) electrons. The highest BCUT2D eigenvalue weighted by Crippen LogP contribution is 2.31. The van der Waals surface area contributed by atoms with Crippen molar-refractivity contribution in [2.24, 2.45) is 0 Å². The van der Waals surface area contributed by atoms with Crippen LogP contribution in [0.3, 0.4) is 0 Å². The first-order valence-electron chi connectivity index (χ1n) is 10.2. The van der Waals surface area contributed by atoms with Crippen LogP contribution in [0.25, 0.3) is 11.0 Å². The van der Waals surface area contributed by atoms with Gasteiger partial charge in [-0.25, -0.2) is 9.67 Å². The van der Waals surface area contributed by atoms with Gasteiger partial charge in [-0.15, -0.1) is 0 Å². The summed E-state index contributed by atoms with van der Waals surface area (Å²) in [6.07, 6.45) is 7.51. The van der Waals surface area contributed by atoms with Crippen molar-refractivity contribution < 1.29 is 9.53 Å². The lowest BCUT2D eigenvalue weighted by Gasteiger charge is -2.33. The third-order valence-electron chi connectivity index (χ3n) is 5.53. The molecule has 2 aromatic heterocycles. The van der Waals surface area contributed by atoms with Gasteiger partial charge in [0.05, 0.1) is 25.5 Å². The van der Waals surface area contributed by atoms with Crippen LogP contribution in [0.1, 0.15) is 37.8 Å². The first-order valence-corrected chi connectivity index (χ1v) is 10.2. The fourth-order valence-electron chi connectivity index (χ4n) is 4.26. The minimum atomic E-state index is -0.0198. The van der Waals surface area contributed by atoms with Gasteiger partial charge in [-0.1, -0.05) is 6.08 Å². The van der Waals surface area contributed by atoms with Crippen molar-refractivity contribution in [3.05, 3.63) is 35.7 Å². The zero-order valence-corrected chi connectivity index (χ0v) is 16.6. The van der Waals surface area contributed by atoms with Crippen molar-refractivity contribution in [1.29, 1.82) is 0 Å². The second-order valence-corrected chi connectivity index (χ2v) is 7.74. The molecule has 0 saturated carbocycles. The number of fused-ring (bicyclic) bond motifs is 1. The fraction of sp³-hybridized carbons (Fsp3) is 0.571. The Hall–Kier alpha value is -2.25. The van der Waals surface area contributed by atoms with Crippen LogP contribution in [0.4, 0.5) is 0 Å². The number of pyridine rings is 1. The van der Waals surface area contributed by atoms with Crippen molar-refractivity contribution in [1.82, 2.24) is 25.0 Å². The summed E-state index contributed by atoms with van der Waals surface area (Å²) in [4.78, 5) is 18.3. The first kappa shape index (κ1) is 19.1. The lowest BCUT2D eigenvalue weighted by Crippen LogP contribution is -2.37. The van der Waals surface area contributed by atoms with Gasteiger partial charge in [0.2, 0.25) is 5.91 Å². The Bertz CT molecular complexity index is 860. The lowest BCUT2D eigenvalue weighted by atomic mass is 9.93. The predicted molar refractivity (Wildman–Crippen MR) is 108 cm³/mol. The summed E-state index contributed by atoms with van der Waals surface area (Å²) >= 11 is 0. The van der Waals surface area contributed by atoms with E-state index in [4.69, 9.17) is 9.84 Å². The third-order valence-corrected chi connectivity index (χ3v) is 5.53. The number of likely N-dealkylation sites (tertiary alicyclic amines) is 1. The number of hydrogen-bond donors (Lipinski definition) is 1. The monoisotopic (exact) mass is 383 g/mol. The maximum Gasteiger partial charge on any atom is 0.216 e. The maximum atomic E-state index is 11.2. The molecule has 4 heterocycles. The summed E-state index contributed by atoms with van der Waals surface area (Å²) in [6, 6.07) is 4.10. The molecule has 1 saturated heterocycles. The number of amides is 1. The van der Waals surface area contributed by atoms with E-state index in [1.54, 1.807) is 0 Å². The van der Waals surface area contributed by atoms with Crippen LogP contribution < -0.4 is 5.32 Å². The zero-order valence-electron chi connectivity index (χ0n) is 16.6. The third kappa shape index (κ3) is 4.42. The van der Waals surface area contributed by atoms with Crippen LogP contribution in [0.15, 0.2) is 30.0 Å². The molecule has 2 aliphatic rings. The van der Waals surface area contributed by atoms with Gasteiger partial charge >= 0.3 is 0 Å². The van der Waals surface area contributed by atoms with E-state index in [0.717, 1.165) is 62.4 Å². The molecule has 7 nitrogen and oxygen atoms in total. The Morgan fingerprint density at radius 3 is 3.18 bits per heavy atom. The Kier molecular flexibility index (Phi) is 6.02. The highest BCUT2D eigenvalue weighted by Gasteiger charge is 2.26. The van der Waals surface area contributed by atoms with Crippen molar-refractivity contribution in [2.45, 2.75) is 38.6 Å². The predicted octanol–water partition coefficient (Wildman–Crippen LogP) is 2.09. The smallest absolute Gasteiger partial charge is 0.216 e. The Balaban J connectivity index is 1.51. The number of carbonyl (C=O) groups excluding carboxylic acids is 1. The number of nitrogens with zero attached hydrogens (tertiary/aromatic N) is 4. The number of aromatic nitrogens is 3. The van der Waals surface area contributed by atoms with Crippen molar-refractivity contribution in [3.8, 4) is 0 Å². The number of rotatable bonds is 6. The molecule has 150 valence electrons. The van der Waals surface area contributed by atoms with Gasteiger partial charge in [-0.2, -0.15) is 5.10 Å². The van der Waals surface area contributed by atoms with E-state index in [1.807, 2.05) is 16.9 Å². The largest absolute Gasteiger partial charge is 0.377 e. The Morgan fingerprint density at radius 2 is 2.36 bits per heavy atom. The molecule has 2 aromatic rings. The van der Waals surface area contributed by atoms with Crippen molar-refractivity contribution in [2.75, 3.05) is 39.4 Å². The van der Waals surface area contributed by atoms with Gasteiger partial charge in [0, 0.05) is 44.1 Å². The molecule has 28 heavy (non-hydrogen) atoms. The summed E-state index contributed by atoms with van der Waals surface area (Å²) in [5.41, 5.74) is 3.45. The number of nitrogens with one attached hydrogen (secondary N) is 1. The molecular formula is C21H29N5O2. The molecular weight excluding hydrogens is 354 g/mol. The first-order chi connectivity index (χ1) is 13.7. The lowest BCUT2D eigenvalue weighted by molar-refractivity contribution is -0.118. The zero-order chi connectivity index (χ0) is 19.3. The van der Waals surface area contributed by atoms with Crippen LogP contribution in [0, 0.1) is 0 Å². The summed E-state index contributed by atoms with van der Waals surface area (Å²) in [6.45, 7) is 7.50. The minimum Gasteiger partial charge on any atom is -0.377 e. The van der Waals surface area contributed by atoms with Gasteiger partial charge in [-0.3, -0.25) is 9.69 Å². The average Bonchev–Trinajstić information content (AvgIpc) is 3.08. The quantitative estimate of drug-likeness (QED) is 0.774. The number of hydrogen-bond acceptors (Lipinski definition) is 5. The van der Waals surface area contributed by atoms with Gasteiger partial charge in [0.15, 0.2) is 5.65 Å². The van der Waals surface area contributed by atoms with E-state index in [9.17, 15) is 4.79 Å². The molecule has 0 aliphatic carbocycles. The summed E-state index contributed by atoms with van der Waals surface area (Å²) < 4.78 is 7.54. The molecule has 2 aliphatic heterocycles. The summed E-state index contributed by atoms with van der Waals surface area (Å²) in [5.74, 6) is 0.390. The molecule has 0 aromatic carbocycles. The summed E-state index contributed by atoms with van der Waals surface area (Å²) in [7, 11) is 0. The normalized spacial score (nSPS) is 20.9. The highest BCUT2D eigenvalue weighted by molar-refractivity contribution is 5.79. The average molecular weight is 383 g/mol. The number of ether oxygens (including phenoxy) is 1. The second-order valence-electron chi connectivity index (χ2n) is 7.74. The Labute approximate surface area is 165 Å². The fourth-order valence-corrected chi connectivity index (χ4v) is 4.26. The molecule has 1 N–H and O–H groups in total. The summed E-state index contributed by atoms with van der Waals surface area (Å²) in [5, 5.41) is 8.91. The van der Waals surface area contributed by atoms with Gasteiger partial charge in [0.25, 0.3) is 0 Å². The van der Waals surface area contributed by atoms with E-state index in [-0.39, 0.29) is 5.91 Å². The molecule has 1 amide bonds. The molecule has 1 atom stereocenters. The van der Waals surface area contributed by atoms with E-state index in [1.165, 1.54) is 18.9 Å². The van der Waals surface area contributed by atoms with E-state index in [0.29, 0.717) is 19.0 Å². The van der Waals surface area contributed by atoms with Gasteiger partial charge in [-0.05, 0) is 43.5 Å². The standard InChI is InChI=1S/C21H29N5O2/c1-16(27)22-9-11-26-21-19(7-2-8-23-21)20(24-26)18-6-3-10-25(14-18)13-17-5-4-12-28-15-17/h2,5,7-8,18H,3-4,6,9-15H2,1H3,(H,22,27)/t18-/m0/s1. The van der Waals surface area contributed by atoms with Crippen molar-refractivity contribution in [3.63, 3.8) is 0 Å². The number of piperidine rings is 1. The molecule has 0 unspecified atom stereocenters. The van der Waals surface area contributed by atoms with Crippen LogP contribution >= 0.6 is 0 Å². The number of carbonyl (C=O) groups is 1. The van der Waals surface area contributed by atoms with E-state index in [2.05, 4.69) is 27.3 Å². The van der Waals surface area contributed by atoms with E-state index < -0.39 is 0 Å². The maximum absolute atomic E-state index is 11.2. The Morgan fingerprint density at radius 1 is 1.43 bits per heavy atom. The van der Waals surface area contributed by atoms with Crippen molar-refractivity contribution >= 4 is 16.9 Å². The highest BCUT2D eigenvalue weighted by atomic mass is 16.5.